The van der Waals surface area contributed by atoms with Crippen LogP contribution in [0.3, 0.4) is 0 Å². The van der Waals surface area contributed by atoms with E-state index in [-0.39, 0.29) is 11.5 Å². The molecule has 1 unspecified atom stereocenters. The summed E-state index contributed by atoms with van der Waals surface area (Å²) >= 11 is 1.75. The zero-order valence-electron chi connectivity index (χ0n) is 9.70. The fraction of sp³-hybridized carbons (Fsp3) is 0.900. The second-order valence-electron chi connectivity index (χ2n) is 4.29. The summed E-state index contributed by atoms with van der Waals surface area (Å²) < 4.78 is 7.19. The van der Waals surface area contributed by atoms with Gasteiger partial charge in [-0.2, -0.15) is 5.26 Å². The molecule has 0 aliphatic rings. The van der Waals surface area contributed by atoms with Gasteiger partial charge in [-0.1, -0.05) is 39.6 Å². The molecule has 14 heavy (non-hydrogen) atoms. The molecule has 0 aromatic rings. The highest BCUT2D eigenvalue weighted by Gasteiger charge is 2.27. The normalized spacial score (nSPS) is 13.8. The van der Waals surface area contributed by atoms with Crippen molar-refractivity contribution in [1.82, 2.24) is 4.31 Å². The van der Waals surface area contributed by atoms with E-state index in [9.17, 15) is 0 Å². The maximum atomic E-state index is 8.55. The van der Waals surface area contributed by atoms with E-state index in [1.54, 1.807) is 18.2 Å². The summed E-state index contributed by atoms with van der Waals surface area (Å²) in [5.41, 5.74) is -0.00170. The molecule has 0 bridgehead atoms. The largest absolute Gasteiger partial charge is 0.422 e. The molecule has 0 aliphatic heterocycles. The summed E-state index contributed by atoms with van der Waals surface area (Å²) in [6.45, 7) is 9.13. The maximum absolute atomic E-state index is 8.55. The molecule has 0 spiro atoms. The van der Waals surface area contributed by atoms with Crippen molar-refractivity contribution in [3.63, 3.8) is 0 Å². The highest BCUT2D eigenvalue weighted by Crippen LogP contribution is 2.24. The minimum absolute atomic E-state index is 0.00170. The van der Waals surface area contributed by atoms with Crippen LogP contribution in [0.2, 0.25) is 0 Å². The third kappa shape index (κ3) is 5.36. The fourth-order valence-corrected chi connectivity index (χ4v) is 1.74. The molecule has 0 aliphatic carbocycles. The first-order valence-electron chi connectivity index (χ1n) is 4.80. The Morgan fingerprint density at radius 2 is 2.07 bits per heavy atom. The van der Waals surface area contributed by atoms with E-state index in [0.29, 0.717) is 0 Å². The predicted molar refractivity (Wildman–Crippen MR) is 60.7 cm³/mol. The van der Waals surface area contributed by atoms with Crippen LogP contribution in [0.25, 0.3) is 0 Å². The molecular formula is C10H20N2OS. The van der Waals surface area contributed by atoms with Crippen LogP contribution >= 0.6 is 11.9 Å². The van der Waals surface area contributed by atoms with Crippen molar-refractivity contribution in [2.75, 3.05) is 19.3 Å². The van der Waals surface area contributed by atoms with Gasteiger partial charge in [-0.15, -0.1) is 0 Å². The molecule has 3 nitrogen and oxygen atoms in total. The predicted octanol–water partition coefficient (Wildman–Crippen LogP) is 2.50. The molecule has 0 radical (unpaired) electrons. The van der Waals surface area contributed by atoms with Crippen LogP contribution in [-0.4, -0.2) is 29.8 Å². The molecule has 4 heteroatoms. The molecule has 0 N–H and O–H groups in total. The van der Waals surface area contributed by atoms with Crippen LogP contribution < -0.4 is 0 Å². The average molecular weight is 216 g/mol. The van der Waals surface area contributed by atoms with E-state index in [2.05, 4.69) is 32.0 Å². The van der Waals surface area contributed by atoms with Gasteiger partial charge in [-0.3, -0.25) is 0 Å². The van der Waals surface area contributed by atoms with Crippen LogP contribution in [0.4, 0.5) is 0 Å². The molecule has 0 aromatic carbocycles. The highest BCUT2D eigenvalue weighted by atomic mass is 32.2. The van der Waals surface area contributed by atoms with E-state index >= 15 is 0 Å². The van der Waals surface area contributed by atoms with Gasteiger partial charge in [0, 0.05) is 17.7 Å². The Hall–Kier alpha value is -0.400. The summed E-state index contributed by atoms with van der Waals surface area (Å²) in [5.74, 6) is 1.04. The van der Waals surface area contributed by atoms with E-state index in [4.69, 9.17) is 10.00 Å². The standard InChI is InChI=1S/C10H20N2OS/c1-6-14-12(5)7-9(13-8-11)10(2,3)4/h9H,6-7H2,1-5H3. The second-order valence-corrected chi connectivity index (χ2v) is 5.75. The summed E-state index contributed by atoms with van der Waals surface area (Å²) in [5, 5.41) is 8.55. The number of nitrogens with zero attached hydrogens (tertiary/aromatic N) is 2. The fourth-order valence-electron chi connectivity index (χ4n) is 1.06. The monoisotopic (exact) mass is 216 g/mol. The van der Waals surface area contributed by atoms with Crippen LogP contribution in [-0.2, 0) is 4.74 Å². The van der Waals surface area contributed by atoms with E-state index in [0.717, 1.165) is 12.3 Å². The number of hydrogen-bond donors (Lipinski definition) is 0. The summed E-state index contributed by atoms with van der Waals surface area (Å²) in [6.07, 6.45) is 1.74. The minimum Gasteiger partial charge on any atom is -0.422 e. The Morgan fingerprint density at radius 1 is 1.50 bits per heavy atom. The Balaban J connectivity index is 4.17. The molecule has 0 amide bonds. The molecule has 0 saturated carbocycles. The second kappa shape index (κ2) is 6.15. The maximum Gasteiger partial charge on any atom is 0.286 e. The third-order valence-electron chi connectivity index (χ3n) is 1.93. The van der Waals surface area contributed by atoms with Gasteiger partial charge in [0.25, 0.3) is 6.26 Å². The molecule has 0 aromatic heterocycles. The topological polar surface area (TPSA) is 36.3 Å². The van der Waals surface area contributed by atoms with E-state index in [1.807, 2.05) is 7.05 Å². The SMILES string of the molecule is CCSN(C)CC(OC#N)C(C)(C)C. The van der Waals surface area contributed by atoms with Crippen LogP contribution in [0.1, 0.15) is 27.7 Å². The summed E-state index contributed by atoms with van der Waals surface area (Å²) in [6, 6.07) is 0. The highest BCUT2D eigenvalue weighted by molar-refractivity contribution is 7.96. The van der Waals surface area contributed by atoms with Gasteiger partial charge in [0.1, 0.15) is 6.10 Å². The average Bonchev–Trinajstić information content (AvgIpc) is 2.02. The van der Waals surface area contributed by atoms with Gasteiger partial charge >= 0.3 is 0 Å². The Kier molecular flexibility index (Phi) is 5.98. The first kappa shape index (κ1) is 13.6. The van der Waals surface area contributed by atoms with Gasteiger partial charge in [-0.25, -0.2) is 4.31 Å². The summed E-state index contributed by atoms with van der Waals surface area (Å²) in [7, 11) is 2.02. The van der Waals surface area contributed by atoms with Crippen LogP contribution in [0.5, 0.6) is 0 Å². The van der Waals surface area contributed by atoms with Gasteiger partial charge in [0.2, 0.25) is 0 Å². The Bertz CT molecular complexity index is 195. The van der Waals surface area contributed by atoms with Gasteiger partial charge in [0.05, 0.1) is 0 Å². The lowest BCUT2D eigenvalue weighted by Gasteiger charge is -2.30. The zero-order valence-corrected chi connectivity index (χ0v) is 10.5. The zero-order chi connectivity index (χ0) is 11.2. The lowest BCUT2D eigenvalue weighted by molar-refractivity contribution is 0.0471. The number of likely N-dealkylation sites (N-methyl/N-ethyl adjacent to an activating group) is 1. The number of hydrogen-bond acceptors (Lipinski definition) is 4. The van der Waals surface area contributed by atoms with Crippen molar-refractivity contribution >= 4 is 11.9 Å². The van der Waals surface area contributed by atoms with Crippen LogP contribution in [0, 0.1) is 16.9 Å². The van der Waals surface area contributed by atoms with Crippen molar-refractivity contribution in [2.24, 2.45) is 5.41 Å². The number of rotatable bonds is 5. The van der Waals surface area contributed by atoms with E-state index in [1.165, 1.54) is 0 Å². The molecule has 0 fully saturated rings. The van der Waals surface area contributed by atoms with Crippen LogP contribution in [0.15, 0.2) is 0 Å². The summed E-state index contributed by atoms with van der Waals surface area (Å²) in [4.78, 5) is 0. The van der Waals surface area contributed by atoms with Crippen molar-refractivity contribution < 1.29 is 4.74 Å². The first-order chi connectivity index (χ1) is 6.41. The van der Waals surface area contributed by atoms with Gasteiger partial charge in [-0.05, 0) is 7.05 Å². The molecule has 82 valence electrons. The lowest BCUT2D eigenvalue weighted by atomic mass is 9.89. The van der Waals surface area contributed by atoms with Crippen molar-refractivity contribution in [3.8, 4) is 6.26 Å². The van der Waals surface area contributed by atoms with Crippen molar-refractivity contribution in [1.29, 1.82) is 5.26 Å². The minimum atomic E-state index is -0.0449. The lowest BCUT2D eigenvalue weighted by Crippen LogP contribution is -2.36. The molecule has 0 rings (SSSR count). The van der Waals surface area contributed by atoms with Crippen molar-refractivity contribution in [3.05, 3.63) is 0 Å². The first-order valence-corrected chi connectivity index (χ1v) is 5.74. The molecular weight excluding hydrogens is 196 g/mol. The van der Waals surface area contributed by atoms with Gasteiger partial charge < -0.3 is 4.74 Å². The van der Waals surface area contributed by atoms with E-state index < -0.39 is 0 Å². The van der Waals surface area contributed by atoms with Crippen molar-refractivity contribution in [2.45, 2.75) is 33.8 Å². The van der Waals surface area contributed by atoms with Gasteiger partial charge in [0.15, 0.2) is 0 Å². The molecule has 1 atom stereocenters. The number of nitriles is 1. The Labute approximate surface area is 91.5 Å². The molecule has 0 saturated heterocycles. The third-order valence-corrected chi connectivity index (χ3v) is 2.78. The molecule has 0 heterocycles. The Morgan fingerprint density at radius 3 is 2.43 bits per heavy atom. The number of ether oxygens (including phenoxy) is 1. The smallest absolute Gasteiger partial charge is 0.286 e. The quantitative estimate of drug-likeness (QED) is 0.522.